The quantitative estimate of drug-likeness (QED) is 0.598. The highest BCUT2D eigenvalue weighted by Crippen LogP contribution is 2.39. The number of benzene rings is 2. The molecule has 0 N–H and O–H groups in total. The van der Waals surface area contributed by atoms with Crippen LogP contribution in [0.25, 0.3) is 11.3 Å². The Morgan fingerprint density at radius 3 is 2.70 bits per heavy atom. The SMILES string of the molecule is COC(=O)c1cn(S(=O)(=O)c2ccc3c(c2)OCO3)c2c1CCCc1ccccc1-2. The smallest absolute Gasteiger partial charge is 0.339 e. The Balaban J connectivity index is 1.77. The van der Waals surface area contributed by atoms with Crippen molar-refractivity contribution in [3.63, 3.8) is 0 Å². The van der Waals surface area contributed by atoms with Crippen LogP contribution in [0, 0.1) is 0 Å². The number of methoxy groups -OCH3 is 1. The van der Waals surface area contributed by atoms with E-state index in [1.807, 2.05) is 24.3 Å². The molecule has 0 bridgehead atoms. The first-order valence-corrected chi connectivity index (χ1v) is 11.0. The van der Waals surface area contributed by atoms with Crippen LogP contribution < -0.4 is 9.47 Å². The van der Waals surface area contributed by atoms with E-state index in [1.165, 1.54) is 29.4 Å². The lowest BCUT2D eigenvalue weighted by Gasteiger charge is -2.13. The van der Waals surface area contributed by atoms with Crippen molar-refractivity contribution in [1.82, 2.24) is 3.97 Å². The van der Waals surface area contributed by atoms with Crippen molar-refractivity contribution in [2.24, 2.45) is 0 Å². The van der Waals surface area contributed by atoms with Crippen molar-refractivity contribution in [2.75, 3.05) is 13.9 Å². The molecule has 0 spiro atoms. The van der Waals surface area contributed by atoms with Crippen LogP contribution in [-0.4, -0.2) is 32.3 Å². The second-order valence-corrected chi connectivity index (χ2v) is 9.00. The molecule has 0 unspecified atom stereocenters. The minimum absolute atomic E-state index is 0.0532. The fraction of sp³-hybridized carbons (Fsp3) is 0.227. The topological polar surface area (TPSA) is 83.8 Å². The molecule has 154 valence electrons. The lowest BCUT2D eigenvalue weighted by Crippen LogP contribution is -2.14. The van der Waals surface area contributed by atoms with Crippen molar-refractivity contribution in [1.29, 1.82) is 0 Å². The molecule has 2 heterocycles. The number of hydrogen-bond acceptors (Lipinski definition) is 6. The predicted molar refractivity (Wildman–Crippen MR) is 108 cm³/mol. The minimum atomic E-state index is -4.01. The summed E-state index contributed by atoms with van der Waals surface area (Å²) in [7, 11) is -2.71. The molecule has 30 heavy (non-hydrogen) atoms. The Morgan fingerprint density at radius 1 is 1.07 bits per heavy atom. The Hall–Kier alpha value is -3.26. The molecule has 0 atom stereocenters. The molecule has 0 amide bonds. The first-order valence-electron chi connectivity index (χ1n) is 9.57. The number of nitrogens with zero attached hydrogens (tertiary/aromatic N) is 1. The van der Waals surface area contributed by atoms with Gasteiger partial charge in [0, 0.05) is 17.8 Å². The molecule has 0 fully saturated rings. The number of esters is 1. The van der Waals surface area contributed by atoms with E-state index < -0.39 is 16.0 Å². The molecule has 1 aliphatic heterocycles. The number of carbonyl (C=O) groups is 1. The number of aromatic nitrogens is 1. The van der Waals surface area contributed by atoms with E-state index in [2.05, 4.69) is 0 Å². The highest BCUT2D eigenvalue weighted by atomic mass is 32.2. The summed E-state index contributed by atoms with van der Waals surface area (Å²) < 4.78 is 44.1. The predicted octanol–water partition coefficient (Wildman–Crippen LogP) is 3.40. The van der Waals surface area contributed by atoms with Gasteiger partial charge in [0.1, 0.15) is 0 Å². The molecular weight excluding hydrogens is 406 g/mol. The van der Waals surface area contributed by atoms with E-state index in [4.69, 9.17) is 14.2 Å². The van der Waals surface area contributed by atoms with Crippen molar-refractivity contribution < 1.29 is 27.4 Å². The third-order valence-electron chi connectivity index (χ3n) is 5.53. The van der Waals surface area contributed by atoms with Crippen molar-refractivity contribution in [2.45, 2.75) is 24.2 Å². The maximum absolute atomic E-state index is 13.7. The van der Waals surface area contributed by atoms with E-state index in [1.54, 1.807) is 6.07 Å². The van der Waals surface area contributed by atoms with Crippen LogP contribution in [0.1, 0.15) is 27.9 Å². The molecule has 2 aliphatic rings. The molecule has 0 saturated heterocycles. The van der Waals surface area contributed by atoms with E-state index >= 15 is 0 Å². The Bertz CT molecular complexity index is 1270. The van der Waals surface area contributed by atoms with Gasteiger partial charge in [-0.15, -0.1) is 0 Å². The molecule has 1 aliphatic carbocycles. The molecule has 1 aromatic heterocycles. The summed E-state index contributed by atoms with van der Waals surface area (Å²) in [5.41, 5.74) is 3.34. The summed E-state index contributed by atoms with van der Waals surface area (Å²) in [4.78, 5) is 12.5. The van der Waals surface area contributed by atoms with Crippen molar-refractivity contribution in [3.05, 3.63) is 65.4 Å². The molecule has 7 nitrogen and oxygen atoms in total. The summed E-state index contributed by atoms with van der Waals surface area (Å²) >= 11 is 0. The molecule has 2 aromatic carbocycles. The fourth-order valence-corrected chi connectivity index (χ4v) is 5.52. The third-order valence-corrected chi connectivity index (χ3v) is 7.18. The van der Waals surface area contributed by atoms with Crippen LogP contribution in [0.15, 0.2) is 53.6 Å². The molecule has 8 heteroatoms. The average Bonchev–Trinajstić information content (AvgIpc) is 3.33. The van der Waals surface area contributed by atoms with Crippen molar-refractivity contribution in [3.8, 4) is 22.8 Å². The van der Waals surface area contributed by atoms with E-state index in [0.29, 0.717) is 29.2 Å². The number of hydrogen-bond donors (Lipinski definition) is 0. The first kappa shape index (κ1) is 18.7. The fourth-order valence-electron chi connectivity index (χ4n) is 4.11. The minimum Gasteiger partial charge on any atom is -0.465 e. The summed E-state index contributed by atoms with van der Waals surface area (Å²) in [6, 6.07) is 12.2. The van der Waals surface area contributed by atoms with Gasteiger partial charge in [-0.1, -0.05) is 24.3 Å². The zero-order valence-electron chi connectivity index (χ0n) is 16.3. The van der Waals surface area contributed by atoms with Crippen LogP contribution in [-0.2, 0) is 27.6 Å². The Labute approximate surface area is 173 Å². The number of aryl methyl sites for hydroxylation is 1. The normalized spacial score (nSPS) is 14.6. The number of rotatable bonds is 3. The van der Waals surface area contributed by atoms with E-state index in [9.17, 15) is 13.2 Å². The largest absolute Gasteiger partial charge is 0.465 e. The molecule has 5 rings (SSSR count). The van der Waals surface area contributed by atoms with Gasteiger partial charge in [0.25, 0.3) is 10.0 Å². The maximum Gasteiger partial charge on any atom is 0.339 e. The van der Waals surface area contributed by atoms with Crippen LogP contribution in [0.3, 0.4) is 0 Å². The Morgan fingerprint density at radius 2 is 1.87 bits per heavy atom. The molecule has 0 saturated carbocycles. The van der Waals surface area contributed by atoms with E-state index in [-0.39, 0.29) is 17.3 Å². The number of ether oxygens (including phenoxy) is 3. The molecular formula is C22H19NO6S. The lowest BCUT2D eigenvalue weighted by molar-refractivity contribution is 0.0599. The van der Waals surface area contributed by atoms with Gasteiger partial charge < -0.3 is 14.2 Å². The summed E-state index contributed by atoms with van der Waals surface area (Å²) in [5, 5.41) is 0. The second kappa shape index (κ2) is 6.91. The lowest BCUT2D eigenvalue weighted by atomic mass is 10.0. The highest BCUT2D eigenvalue weighted by Gasteiger charge is 2.32. The standard InChI is InChI=1S/C22H19NO6S/c1-27-22(24)18-12-23(21-16-7-3-2-5-14(16)6-4-8-17(18)21)30(25,26)15-9-10-19-20(11-15)29-13-28-19/h2-3,5,7,9-12H,4,6,8,13H2,1H3. The molecule has 3 aromatic rings. The van der Waals surface area contributed by atoms with Gasteiger partial charge >= 0.3 is 5.97 Å². The van der Waals surface area contributed by atoms with Crippen LogP contribution in [0.4, 0.5) is 0 Å². The van der Waals surface area contributed by atoms with Crippen molar-refractivity contribution >= 4 is 16.0 Å². The first-order chi connectivity index (χ1) is 14.5. The summed E-state index contributed by atoms with van der Waals surface area (Å²) in [6.45, 7) is 0.0532. The van der Waals surface area contributed by atoms with Gasteiger partial charge in [0.05, 0.1) is 23.3 Å². The van der Waals surface area contributed by atoms with Gasteiger partial charge in [-0.3, -0.25) is 0 Å². The van der Waals surface area contributed by atoms with Gasteiger partial charge in [-0.2, -0.15) is 0 Å². The number of fused-ring (bicyclic) bond motifs is 4. The molecule has 0 radical (unpaired) electrons. The van der Waals surface area contributed by atoms with Crippen LogP contribution in [0.5, 0.6) is 11.5 Å². The highest BCUT2D eigenvalue weighted by molar-refractivity contribution is 7.90. The van der Waals surface area contributed by atoms with Gasteiger partial charge in [0.2, 0.25) is 6.79 Å². The van der Waals surface area contributed by atoms with Gasteiger partial charge in [0.15, 0.2) is 11.5 Å². The van der Waals surface area contributed by atoms with Crippen LogP contribution >= 0.6 is 0 Å². The van der Waals surface area contributed by atoms with Gasteiger partial charge in [-0.25, -0.2) is 17.2 Å². The zero-order valence-corrected chi connectivity index (χ0v) is 17.1. The third kappa shape index (κ3) is 2.79. The maximum atomic E-state index is 13.7. The van der Waals surface area contributed by atoms with E-state index in [0.717, 1.165) is 24.0 Å². The monoisotopic (exact) mass is 425 g/mol. The second-order valence-electron chi connectivity index (χ2n) is 7.19. The zero-order chi connectivity index (χ0) is 20.9. The Kier molecular flexibility index (Phi) is 4.32. The summed E-state index contributed by atoms with van der Waals surface area (Å²) in [5.74, 6) is 0.328. The summed E-state index contributed by atoms with van der Waals surface area (Å²) in [6.07, 6.45) is 3.56. The average molecular weight is 425 g/mol. The van der Waals surface area contributed by atoms with Gasteiger partial charge in [-0.05, 0) is 42.5 Å². The number of carbonyl (C=O) groups excluding carboxylic acids is 1. The van der Waals surface area contributed by atoms with Crippen LogP contribution in [0.2, 0.25) is 0 Å².